The number of nitrogens with two attached hydrogens (primary N) is 1. The van der Waals surface area contributed by atoms with Crippen LogP contribution in [-0.2, 0) is 4.79 Å². The van der Waals surface area contributed by atoms with Gasteiger partial charge in [0.05, 0.1) is 0 Å². The molecule has 3 nitrogen and oxygen atoms in total. The monoisotopic (exact) mass is 170 g/mol. The van der Waals surface area contributed by atoms with Gasteiger partial charge in [0.25, 0.3) is 0 Å². The summed E-state index contributed by atoms with van der Waals surface area (Å²) in [4.78, 5) is 10.9. The zero-order valence-electron chi connectivity index (χ0n) is 7.84. The van der Waals surface area contributed by atoms with E-state index < -0.39 is 0 Å². The van der Waals surface area contributed by atoms with E-state index in [4.69, 9.17) is 5.73 Å². The number of hydrogen-bond donors (Lipinski definition) is 2. The van der Waals surface area contributed by atoms with E-state index in [2.05, 4.69) is 25.7 Å². The molecule has 0 saturated carbocycles. The Kier molecular flexibility index (Phi) is 5.37. The molecule has 0 bridgehead atoms. The van der Waals surface area contributed by atoms with Gasteiger partial charge in [-0.15, -0.1) is 0 Å². The van der Waals surface area contributed by atoms with Crippen molar-refractivity contribution < 1.29 is 4.79 Å². The van der Waals surface area contributed by atoms with Gasteiger partial charge in [-0.3, -0.25) is 4.79 Å². The van der Waals surface area contributed by atoms with Crippen LogP contribution in [0, 0.1) is 5.92 Å². The summed E-state index contributed by atoms with van der Waals surface area (Å²) in [7, 11) is 0. The maximum absolute atomic E-state index is 10.9. The molecule has 0 aliphatic rings. The number of nitrogens with one attached hydrogen (secondary N) is 1. The maximum Gasteiger partial charge on any atom is 0.243 e. The van der Waals surface area contributed by atoms with Crippen molar-refractivity contribution in [2.24, 2.45) is 11.7 Å². The molecule has 2 unspecified atom stereocenters. The van der Waals surface area contributed by atoms with Crippen LogP contribution in [-0.4, -0.2) is 18.5 Å². The maximum atomic E-state index is 10.9. The van der Waals surface area contributed by atoms with Gasteiger partial charge in [0.1, 0.15) is 0 Å². The molecule has 0 aromatic heterocycles. The van der Waals surface area contributed by atoms with Crippen molar-refractivity contribution in [1.29, 1.82) is 0 Å². The largest absolute Gasteiger partial charge is 0.348 e. The van der Waals surface area contributed by atoms with Crippen molar-refractivity contribution in [2.75, 3.05) is 6.54 Å². The van der Waals surface area contributed by atoms with Gasteiger partial charge in [0.2, 0.25) is 5.91 Å². The highest BCUT2D eigenvalue weighted by molar-refractivity contribution is 5.87. The molecule has 12 heavy (non-hydrogen) atoms. The van der Waals surface area contributed by atoms with Gasteiger partial charge in [-0.25, -0.2) is 0 Å². The molecule has 3 N–H and O–H groups in total. The fraction of sp³-hybridized carbons (Fsp3) is 0.667. The average Bonchev–Trinajstić information content (AvgIpc) is 2.12. The highest BCUT2D eigenvalue weighted by Gasteiger charge is 2.14. The molecule has 0 aliphatic carbocycles. The number of carbonyl (C=O) groups is 1. The molecule has 0 saturated heterocycles. The number of amides is 1. The normalized spacial score (nSPS) is 14.9. The van der Waals surface area contributed by atoms with Gasteiger partial charge in [-0.2, -0.15) is 0 Å². The quantitative estimate of drug-likeness (QED) is 0.596. The molecule has 0 radical (unpaired) electrons. The molecular formula is C9H18N2O. The molecule has 0 fully saturated rings. The van der Waals surface area contributed by atoms with Gasteiger partial charge in [-0.1, -0.05) is 26.8 Å². The van der Waals surface area contributed by atoms with E-state index in [9.17, 15) is 4.79 Å². The second kappa shape index (κ2) is 5.77. The molecule has 0 aromatic rings. The van der Waals surface area contributed by atoms with Crippen molar-refractivity contribution in [3.05, 3.63) is 12.7 Å². The molecule has 3 heteroatoms. The van der Waals surface area contributed by atoms with Crippen LogP contribution in [0.4, 0.5) is 0 Å². The van der Waals surface area contributed by atoms with Crippen LogP contribution in [0.15, 0.2) is 12.7 Å². The standard InChI is InChI=1S/C9H18N2O/c1-4-7(3)8(6-10)11-9(12)5-2/h5,7-8H,2,4,6,10H2,1,3H3,(H,11,12). The predicted octanol–water partition coefficient (Wildman–Crippen LogP) is 0.662. The van der Waals surface area contributed by atoms with E-state index in [0.717, 1.165) is 6.42 Å². The van der Waals surface area contributed by atoms with E-state index in [0.29, 0.717) is 12.5 Å². The van der Waals surface area contributed by atoms with E-state index in [1.807, 2.05) is 0 Å². The molecule has 0 rings (SSSR count). The molecule has 0 aliphatic heterocycles. The van der Waals surface area contributed by atoms with Gasteiger partial charge in [0.15, 0.2) is 0 Å². The van der Waals surface area contributed by atoms with Gasteiger partial charge < -0.3 is 11.1 Å². The minimum absolute atomic E-state index is 0.0699. The van der Waals surface area contributed by atoms with Crippen molar-refractivity contribution in [1.82, 2.24) is 5.32 Å². The Morgan fingerprint density at radius 1 is 1.75 bits per heavy atom. The van der Waals surface area contributed by atoms with Crippen LogP contribution in [0.2, 0.25) is 0 Å². The number of rotatable bonds is 5. The molecule has 1 amide bonds. The fourth-order valence-corrected chi connectivity index (χ4v) is 0.960. The molecular weight excluding hydrogens is 152 g/mol. The highest BCUT2D eigenvalue weighted by atomic mass is 16.1. The lowest BCUT2D eigenvalue weighted by molar-refractivity contribution is -0.117. The molecule has 0 spiro atoms. The van der Waals surface area contributed by atoms with E-state index in [1.165, 1.54) is 6.08 Å². The Morgan fingerprint density at radius 2 is 2.33 bits per heavy atom. The highest BCUT2D eigenvalue weighted by Crippen LogP contribution is 2.05. The van der Waals surface area contributed by atoms with E-state index in [-0.39, 0.29) is 11.9 Å². The van der Waals surface area contributed by atoms with Crippen molar-refractivity contribution in [3.8, 4) is 0 Å². The number of hydrogen-bond acceptors (Lipinski definition) is 2. The van der Waals surface area contributed by atoms with Crippen LogP contribution >= 0.6 is 0 Å². The fourth-order valence-electron chi connectivity index (χ4n) is 0.960. The van der Waals surface area contributed by atoms with Crippen LogP contribution in [0.25, 0.3) is 0 Å². The van der Waals surface area contributed by atoms with Crippen molar-refractivity contribution in [2.45, 2.75) is 26.3 Å². The summed E-state index contributed by atoms with van der Waals surface area (Å²) in [5.74, 6) is 0.268. The summed E-state index contributed by atoms with van der Waals surface area (Å²) < 4.78 is 0. The Labute approximate surface area is 74.0 Å². The molecule has 70 valence electrons. The Bertz CT molecular complexity index is 157. The first kappa shape index (κ1) is 11.2. The minimum Gasteiger partial charge on any atom is -0.348 e. The Balaban J connectivity index is 3.98. The van der Waals surface area contributed by atoms with Crippen LogP contribution in [0.1, 0.15) is 20.3 Å². The first-order chi connectivity index (χ1) is 5.65. The lowest BCUT2D eigenvalue weighted by atomic mass is 9.99. The lowest BCUT2D eigenvalue weighted by Crippen LogP contribution is -2.43. The molecule has 0 heterocycles. The average molecular weight is 170 g/mol. The Hall–Kier alpha value is -0.830. The first-order valence-electron chi connectivity index (χ1n) is 4.28. The van der Waals surface area contributed by atoms with Gasteiger partial charge in [-0.05, 0) is 12.0 Å². The van der Waals surface area contributed by atoms with Crippen LogP contribution in [0.5, 0.6) is 0 Å². The smallest absolute Gasteiger partial charge is 0.243 e. The summed E-state index contributed by atoms with van der Waals surface area (Å²) in [6.07, 6.45) is 2.28. The number of carbonyl (C=O) groups excluding carboxylic acids is 1. The summed E-state index contributed by atoms with van der Waals surface area (Å²) >= 11 is 0. The summed E-state index contributed by atoms with van der Waals surface area (Å²) in [6, 6.07) is 0.0699. The van der Waals surface area contributed by atoms with Gasteiger partial charge >= 0.3 is 0 Å². The summed E-state index contributed by atoms with van der Waals surface area (Å²) in [5.41, 5.74) is 5.50. The SMILES string of the molecule is C=CC(=O)NC(CN)C(C)CC. The zero-order valence-corrected chi connectivity index (χ0v) is 7.84. The lowest BCUT2D eigenvalue weighted by Gasteiger charge is -2.21. The summed E-state index contributed by atoms with van der Waals surface area (Å²) in [6.45, 7) is 8.01. The third-order valence-electron chi connectivity index (χ3n) is 2.10. The van der Waals surface area contributed by atoms with Crippen LogP contribution in [0.3, 0.4) is 0 Å². The molecule has 0 aromatic carbocycles. The van der Waals surface area contributed by atoms with E-state index >= 15 is 0 Å². The van der Waals surface area contributed by atoms with Crippen molar-refractivity contribution >= 4 is 5.91 Å². The van der Waals surface area contributed by atoms with Crippen LogP contribution < -0.4 is 11.1 Å². The first-order valence-corrected chi connectivity index (χ1v) is 4.28. The third-order valence-corrected chi connectivity index (χ3v) is 2.10. The zero-order chi connectivity index (χ0) is 9.56. The third kappa shape index (κ3) is 3.53. The predicted molar refractivity (Wildman–Crippen MR) is 50.6 cm³/mol. The topological polar surface area (TPSA) is 55.1 Å². The van der Waals surface area contributed by atoms with E-state index in [1.54, 1.807) is 0 Å². The minimum atomic E-state index is -0.147. The second-order valence-electron chi connectivity index (χ2n) is 2.94. The second-order valence-corrected chi connectivity index (χ2v) is 2.94. The molecule has 2 atom stereocenters. The Morgan fingerprint density at radius 3 is 2.67 bits per heavy atom. The van der Waals surface area contributed by atoms with Gasteiger partial charge in [0, 0.05) is 12.6 Å². The van der Waals surface area contributed by atoms with Crippen molar-refractivity contribution in [3.63, 3.8) is 0 Å². The summed E-state index contributed by atoms with van der Waals surface area (Å²) in [5, 5.41) is 2.79.